The molecule has 1 aromatic carbocycles. The summed E-state index contributed by atoms with van der Waals surface area (Å²) in [5, 5.41) is 19.0. The zero-order valence-electron chi connectivity index (χ0n) is 26.3. The highest BCUT2D eigenvalue weighted by Crippen LogP contribution is 2.65. The standard InChI is InChI=1S/C35H41F3N4O3S/c1-21(43)20-40-32(44)22-11-12-29(31(17-22)45-3)39-13-5-8-23-16-30-28(10-6-14-42(30)33(23)46-35(36,37)38)41-27-9-4-7-24-18-34(2)19-25(27)15-26(24)34/h6,10-12,14,16-17,21,24-27,39,41,43H,4,7,9,13,15,18-20H2,1-3H3,(H,40,44)/t21-,24+,25-,26?,27-,34?/m1/s1. The molecule has 2 bridgehead atoms. The first kappa shape index (κ1) is 32.5. The Kier molecular flexibility index (Phi) is 9.14. The average molecular weight is 655 g/mol. The molecular weight excluding hydrogens is 613 g/mol. The van der Waals surface area contributed by atoms with Gasteiger partial charge in [0.1, 0.15) is 10.8 Å². The third-order valence-corrected chi connectivity index (χ3v) is 10.9. The molecule has 2 aromatic heterocycles. The molecule has 2 unspecified atom stereocenters. The van der Waals surface area contributed by atoms with Crippen molar-refractivity contribution in [2.75, 3.05) is 30.8 Å². The number of carbonyl (C=O) groups excluding carboxylic acids is 1. The van der Waals surface area contributed by atoms with Gasteiger partial charge in [-0.3, -0.25) is 4.79 Å². The Morgan fingerprint density at radius 3 is 2.76 bits per heavy atom. The number of benzene rings is 1. The third-order valence-electron chi connectivity index (χ3n) is 10.1. The number of thioether (sulfide) groups is 1. The number of rotatable bonds is 9. The van der Waals surface area contributed by atoms with Crippen molar-refractivity contribution >= 4 is 34.6 Å². The number of hydrogen-bond acceptors (Lipinski definition) is 6. The summed E-state index contributed by atoms with van der Waals surface area (Å²) in [4.78, 5) is 12.4. The number of aliphatic hydroxyl groups is 1. The largest absolute Gasteiger partial charge is 0.495 e. The first-order valence-corrected chi connectivity index (χ1v) is 16.8. The Morgan fingerprint density at radius 2 is 2.00 bits per heavy atom. The molecule has 3 fully saturated rings. The second kappa shape index (κ2) is 13.0. The van der Waals surface area contributed by atoms with Gasteiger partial charge in [-0.25, -0.2) is 0 Å². The van der Waals surface area contributed by atoms with Gasteiger partial charge in [0.25, 0.3) is 5.91 Å². The van der Waals surface area contributed by atoms with Gasteiger partial charge in [-0.1, -0.05) is 31.6 Å². The zero-order valence-corrected chi connectivity index (χ0v) is 27.2. The van der Waals surface area contributed by atoms with E-state index >= 15 is 0 Å². The van der Waals surface area contributed by atoms with E-state index in [1.807, 2.05) is 6.07 Å². The van der Waals surface area contributed by atoms with E-state index in [4.69, 9.17) is 4.74 Å². The van der Waals surface area contributed by atoms with Gasteiger partial charge in [-0.2, -0.15) is 13.2 Å². The van der Waals surface area contributed by atoms with Gasteiger partial charge in [0.05, 0.1) is 42.2 Å². The molecule has 6 rings (SSSR count). The minimum atomic E-state index is -4.47. The van der Waals surface area contributed by atoms with E-state index < -0.39 is 11.6 Å². The van der Waals surface area contributed by atoms with Crippen LogP contribution >= 0.6 is 11.8 Å². The number of ether oxygens (including phenoxy) is 1. The normalized spacial score (nSPS) is 25.8. The van der Waals surface area contributed by atoms with Crippen molar-refractivity contribution < 1.29 is 27.8 Å². The van der Waals surface area contributed by atoms with Crippen LogP contribution in [0.1, 0.15) is 68.3 Å². The summed E-state index contributed by atoms with van der Waals surface area (Å²) < 4.78 is 48.3. The van der Waals surface area contributed by atoms with Crippen molar-refractivity contribution in [2.24, 2.45) is 23.2 Å². The van der Waals surface area contributed by atoms with Gasteiger partial charge >= 0.3 is 5.51 Å². The number of halogens is 3. The molecule has 46 heavy (non-hydrogen) atoms. The molecule has 3 aliphatic rings. The summed E-state index contributed by atoms with van der Waals surface area (Å²) in [6.45, 7) is 4.29. The molecule has 246 valence electrons. The van der Waals surface area contributed by atoms with E-state index in [0.29, 0.717) is 45.5 Å². The van der Waals surface area contributed by atoms with Crippen LogP contribution in [0.5, 0.6) is 5.75 Å². The van der Waals surface area contributed by atoms with Gasteiger partial charge in [-0.05, 0) is 92.2 Å². The summed E-state index contributed by atoms with van der Waals surface area (Å²) in [5.74, 6) is 8.28. The van der Waals surface area contributed by atoms with Crippen molar-refractivity contribution in [1.29, 1.82) is 0 Å². The molecule has 0 spiro atoms. The number of aliphatic hydroxyl groups excluding tert-OH is 1. The molecule has 0 saturated heterocycles. The summed E-state index contributed by atoms with van der Waals surface area (Å²) in [5.41, 5.74) is -1.24. The highest BCUT2D eigenvalue weighted by atomic mass is 32.2. The van der Waals surface area contributed by atoms with Gasteiger partial charge < -0.3 is 30.2 Å². The monoisotopic (exact) mass is 654 g/mol. The number of hydrogen-bond donors (Lipinski definition) is 4. The van der Waals surface area contributed by atoms with Crippen molar-refractivity contribution in [3.8, 4) is 17.6 Å². The molecule has 7 nitrogen and oxygen atoms in total. The minimum absolute atomic E-state index is 0.0377. The average Bonchev–Trinajstić information content (AvgIpc) is 3.51. The van der Waals surface area contributed by atoms with Gasteiger partial charge in [-0.15, -0.1) is 0 Å². The third kappa shape index (κ3) is 6.79. The summed E-state index contributed by atoms with van der Waals surface area (Å²) in [6, 6.07) is 10.7. The van der Waals surface area contributed by atoms with Crippen LogP contribution in [0.25, 0.3) is 5.52 Å². The SMILES string of the molecule is COc1cc(C(=O)NC[C@@H](C)O)ccc1NCC#Cc1cc2c(N[C@@H]3CCC[C@H]4CC5(C)C[C@H]3CC45)cccn2c1SC(F)(F)F. The Balaban J connectivity index is 1.21. The van der Waals surface area contributed by atoms with Gasteiger partial charge in [0.2, 0.25) is 0 Å². The predicted octanol–water partition coefficient (Wildman–Crippen LogP) is 7.15. The Hall–Kier alpha value is -3.49. The lowest BCUT2D eigenvalue weighted by molar-refractivity contribution is -0.0330. The molecule has 3 saturated carbocycles. The topological polar surface area (TPSA) is 87.0 Å². The van der Waals surface area contributed by atoms with Crippen LogP contribution in [-0.4, -0.2) is 53.3 Å². The maximum Gasteiger partial charge on any atom is 0.447 e. The Morgan fingerprint density at radius 1 is 1.20 bits per heavy atom. The summed E-state index contributed by atoms with van der Waals surface area (Å²) >= 11 is -0.149. The van der Waals surface area contributed by atoms with Crippen molar-refractivity contribution in [2.45, 2.75) is 75.1 Å². The molecule has 0 radical (unpaired) electrons. The maximum atomic E-state index is 13.8. The smallest absolute Gasteiger partial charge is 0.447 e. The van der Waals surface area contributed by atoms with Crippen molar-refractivity contribution in [3.63, 3.8) is 0 Å². The number of aromatic nitrogens is 1. The van der Waals surface area contributed by atoms with Crippen LogP contribution in [0.15, 0.2) is 47.6 Å². The molecular formula is C35H41F3N4O3S. The van der Waals surface area contributed by atoms with E-state index in [1.165, 1.54) is 39.2 Å². The van der Waals surface area contributed by atoms with Crippen LogP contribution < -0.4 is 20.7 Å². The lowest BCUT2D eigenvalue weighted by Crippen LogP contribution is -2.41. The second-order valence-corrected chi connectivity index (χ2v) is 14.4. The summed E-state index contributed by atoms with van der Waals surface area (Å²) in [6.07, 6.45) is 8.33. The van der Waals surface area contributed by atoms with E-state index in [9.17, 15) is 23.1 Å². The fourth-order valence-corrected chi connectivity index (χ4v) is 8.75. The van der Waals surface area contributed by atoms with Gasteiger partial charge in [0.15, 0.2) is 0 Å². The maximum absolute atomic E-state index is 13.8. The molecule has 3 aliphatic carbocycles. The molecule has 2 heterocycles. The fourth-order valence-electron chi connectivity index (χ4n) is 8.06. The number of pyridine rings is 1. The predicted molar refractivity (Wildman–Crippen MR) is 175 cm³/mol. The lowest BCUT2D eigenvalue weighted by atomic mass is 9.55. The van der Waals surface area contributed by atoms with Crippen LogP contribution in [0.4, 0.5) is 24.5 Å². The van der Waals surface area contributed by atoms with Crippen LogP contribution in [0.2, 0.25) is 0 Å². The number of amides is 1. The number of anilines is 2. The van der Waals surface area contributed by atoms with E-state index in [-0.39, 0.29) is 35.8 Å². The molecule has 11 heteroatoms. The molecule has 4 N–H and O–H groups in total. The number of fused-ring (bicyclic) bond motifs is 2. The van der Waals surface area contributed by atoms with E-state index in [1.54, 1.807) is 47.9 Å². The van der Waals surface area contributed by atoms with Crippen molar-refractivity contribution in [3.05, 3.63) is 53.7 Å². The van der Waals surface area contributed by atoms with E-state index in [0.717, 1.165) is 23.9 Å². The highest BCUT2D eigenvalue weighted by molar-refractivity contribution is 8.00. The van der Waals surface area contributed by atoms with Crippen LogP contribution in [-0.2, 0) is 0 Å². The minimum Gasteiger partial charge on any atom is -0.495 e. The first-order valence-electron chi connectivity index (χ1n) is 16.0. The van der Waals surface area contributed by atoms with E-state index in [2.05, 4.69) is 34.7 Å². The quantitative estimate of drug-likeness (QED) is 0.145. The van der Waals surface area contributed by atoms with Crippen molar-refractivity contribution in [1.82, 2.24) is 9.72 Å². The summed E-state index contributed by atoms with van der Waals surface area (Å²) in [7, 11) is 1.48. The van der Waals surface area contributed by atoms with Crippen LogP contribution in [0.3, 0.4) is 0 Å². The zero-order chi connectivity index (χ0) is 32.6. The fraction of sp³-hybridized carbons (Fsp3) is 0.514. The van der Waals surface area contributed by atoms with Gasteiger partial charge in [0, 0.05) is 36.1 Å². The number of carbonyl (C=O) groups is 1. The van der Waals surface area contributed by atoms with Crippen LogP contribution in [0, 0.1) is 35.0 Å². The number of methoxy groups -OCH3 is 1. The number of nitrogens with zero attached hydrogens (tertiary/aromatic N) is 1. The molecule has 3 aromatic rings. The second-order valence-electron chi connectivity index (χ2n) is 13.3. The Labute approximate surface area is 272 Å². The first-order chi connectivity index (χ1) is 21.9. The molecule has 6 atom stereocenters. The molecule has 1 amide bonds. The molecule has 0 aliphatic heterocycles. The lowest BCUT2D eigenvalue weighted by Gasteiger charge is -2.50. The Bertz CT molecular complexity index is 1660. The number of alkyl halides is 3. The number of nitrogens with one attached hydrogen (secondary N) is 3. The highest BCUT2D eigenvalue weighted by Gasteiger charge is 2.57.